The number of ether oxygens (including phenoxy) is 2. The van der Waals surface area contributed by atoms with Crippen LogP contribution >= 0.6 is 15.9 Å². The number of hydrogen-bond acceptors (Lipinski definition) is 4. The fourth-order valence-electron chi connectivity index (χ4n) is 1.58. The molecule has 0 unspecified atom stereocenters. The number of pyridine rings is 1. The van der Waals surface area contributed by atoms with Crippen molar-refractivity contribution >= 4 is 15.9 Å². The molecule has 1 N–H and O–H groups in total. The van der Waals surface area contributed by atoms with Crippen LogP contribution in [0, 0.1) is 0 Å². The van der Waals surface area contributed by atoms with E-state index < -0.39 is 0 Å². The van der Waals surface area contributed by atoms with Gasteiger partial charge in [-0.1, -0.05) is 6.07 Å². The number of nitrogens with zero attached hydrogens (tertiary/aromatic N) is 1. The fraction of sp³-hybridized carbons (Fsp3) is 0.214. The van der Waals surface area contributed by atoms with Crippen LogP contribution < -0.4 is 14.8 Å². The molecule has 0 saturated heterocycles. The Morgan fingerprint density at radius 3 is 2.68 bits per heavy atom. The molecule has 0 spiro atoms. The van der Waals surface area contributed by atoms with Gasteiger partial charge in [0.15, 0.2) is 0 Å². The maximum absolute atomic E-state index is 5.71. The molecule has 2 rings (SSSR count). The average molecular weight is 323 g/mol. The van der Waals surface area contributed by atoms with Gasteiger partial charge in [-0.15, -0.1) is 0 Å². The van der Waals surface area contributed by atoms with Gasteiger partial charge in [-0.3, -0.25) is 0 Å². The molecule has 0 aliphatic heterocycles. The van der Waals surface area contributed by atoms with E-state index in [-0.39, 0.29) is 0 Å². The third-order valence-corrected chi connectivity index (χ3v) is 3.15. The number of aromatic nitrogens is 1. The summed E-state index contributed by atoms with van der Waals surface area (Å²) in [6, 6.07) is 9.37. The van der Waals surface area contributed by atoms with Crippen molar-refractivity contribution in [3.8, 4) is 17.4 Å². The second-order valence-corrected chi connectivity index (χ2v) is 4.79. The van der Waals surface area contributed by atoms with Crippen LogP contribution in [0.1, 0.15) is 5.56 Å². The maximum Gasteiger partial charge on any atom is 0.219 e. The van der Waals surface area contributed by atoms with E-state index in [1.807, 2.05) is 37.4 Å². The Morgan fingerprint density at radius 2 is 2.11 bits per heavy atom. The molecule has 2 aromatic rings. The molecule has 19 heavy (non-hydrogen) atoms. The zero-order valence-corrected chi connectivity index (χ0v) is 12.4. The van der Waals surface area contributed by atoms with E-state index in [0.717, 1.165) is 22.3 Å². The quantitative estimate of drug-likeness (QED) is 0.916. The lowest BCUT2D eigenvalue weighted by Crippen LogP contribution is -2.05. The van der Waals surface area contributed by atoms with Crippen molar-refractivity contribution in [1.82, 2.24) is 10.3 Å². The Hall–Kier alpha value is -1.59. The largest absolute Gasteiger partial charge is 0.497 e. The van der Waals surface area contributed by atoms with Gasteiger partial charge < -0.3 is 14.8 Å². The van der Waals surface area contributed by atoms with Crippen LogP contribution in [0.3, 0.4) is 0 Å². The first-order valence-electron chi connectivity index (χ1n) is 5.84. The predicted molar refractivity (Wildman–Crippen MR) is 77.8 cm³/mol. The third kappa shape index (κ3) is 3.68. The molecule has 1 aromatic heterocycles. The van der Waals surface area contributed by atoms with Gasteiger partial charge in [0, 0.05) is 18.8 Å². The first-order valence-corrected chi connectivity index (χ1v) is 6.63. The molecule has 0 aliphatic carbocycles. The number of halogens is 1. The smallest absolute Gasteiger partial charge is 0.219 e. The van der Waals surface area contributed by atoms with Crippen molar-refractivity contribution in [3.05, 3.63) is 46.6 Å². The Morgan fingerprint density at radius 1 is 1.26 bits per heavy atom. The first-order chi connectivity index (χ1) is 9.22. The minimum Gasteiger partial charge on any atom is -0.497 e. The van der Waals surface area contributed by atoms with Crippen molar-refractivity contribution in [2.75, 3.05) is 14.2 Å². The molecule has 5 heteroatoms. The van der Waals surface area contributed by atoms with E-state index in [1.165, 1.54) is 0 Å². The molecule has 0 amide bonds. The summed E-state index contributed by atoms with van der Waals surface area (Å²) in [5.74, 6) is 2.04. The molecule has 100 valence electrons. The molecule has 1 heterocycles. The van der Waals surface area contributed by atoms with Crippen LogP contribution in [0.4, 0.5) is 0 Å². The molecule has 4 nitrogen and oxygen atoms in total. The first kappa shape index (κ1) is 13.8. The Kier molecular flexibility index (Phi) is 4.76. The number of benzene rings is 1. The van der Waals surface area contributed by atoms with E-state index in [4.69, 9.17) is 9.47 Å². The molecule has 0 saturated carbocycles. The van der Waals surface area contributed by atoms with E-state index in [1.54, 1.807) is 13.3 Å². The summed E-state index contributed by atoms with van der Waals surface area (Å²) in [7, 11) is 3.53. The lowest BCUT2D eigenvalue weighted by Gasteiger charge is -2.08. The van der Waals surface area contributed by atoms with Crippen molar-refractivity contribution in [3.63, 3.8) is 0 Å². The second kappa shape index (κ2) is 6.54. The molecular weight excluding hydrogens is 308 g/mol. The molecule has 0 atom stereocenters. The van der Waals surface area contributed by atoms with Crippen LogP contribution in [0.5, 0.6) is 17.4 Å². The summed E-state index contributed by atoms with van der Waals surface area (Å²) < 4.78 is 11.7. The van der Waals surface area contributed by atoms with Gasteiger partial charge in [-0.05, 0) is 46.7 Å². The van der Waals surface area contributed by atoms with Gasteiger partial charge in [0.05, 0.1) is 11.6 Å². The minimum absolute atomic E-state index is 0.561. The third-order valence-electron chi connectivity index (χ3n) is 2.53. The highest BCUT2D eigenvalue weighted by atomic mass is 79.9. The fourth-order valence-corrected chi connectivity index (χ4v) is 2.02. The zero-order chi connectivity index (χ0) is 13.7. The maximum atomic E-state index is 5.71. The molecular formula is C14H15BrN2O2. The normalized spacial score (nSPS) is 10.3. The molecule has 0 aliphatic rings. The Bertz CT molecular complexity index is 544. The minimum atomic E-state index is 0.561. The van der Waals surface area contributed by atoms with Crippen LogP contribution in [-0.4, -0.2) is 19.1 Å². The monoisotopic (exact) mass is 322 g/mol. The van der Waals surface area contributed by atoms with Gasteiger partial charge in [-0.25, -0.2) is 4.98 Å². The molecule has 0 radical (unpaired) electrons. The number of nitrogens with one attached hydrogen (secondary N) is 1. The Balaban J connectivity index is 2.12. The highest BCUT2D eigenvalue weighted by Gasteiger charge is 2.05. The van der Waals surface area contributed by atoms with Gasteiger partial charge in [0.1, 0.15) is 11.5 Å². The van der Waals surface area contributed by atoms with Gasteiger partial charge >= 0.3 is 0 Å². The lowest BCUT2D eigenvalue weighted by atomic mass is 10.3. The summed E-state index contributed by atoms with van der Waals surface area (Å²) >= 11 is 3.44. The van der Waals surface area contributed by atoms with Crippen molar-refractivity contribution in [2.45, 2.75) is 6.54 Å². The summed E-state index contributed by atoms with van der Waals surface area (Å²) in [5, 5.41) is 3.07. The summed E-state index contributed by atoms with van der Waals surface area (Å²) in [6.07, 6.45) is 1.79. The van der Waals surface area contributed by atoms with Crippen LogP contribution in [0.15, 0.2) is 41.0 Å². The van der Waals surface area contributed by atoms with Crippen molar-refractivity contribution in [2.24, 2.45) is 0 Å². The van der Waals surface area contributed by atoms with Crippen molar-refractivity contribution in [1.29, 1.82) is 0 Å². The molecule has 0 bridgehead atoms. The molecule has 1 aromatic carbocycles. The predicted octanol–water partition coefficient (Wildman–Crippen LogP) is 3.36. The van der Waals surface area contributed by atoms with Crippen LogP contribution in [0.25, 0.3) is 0 Å². The van der Waals surface area contributed by atoms with Gasteiger partial charge in [0.2, 0.25) is 5.88 Å². The van der Waals surface area contributed by atoms with Crippen molar-refractivity contribution < 1.29 is 9.47 Å². The summed E-state index contributed by atoms with van der Waals surface area (Å²) in [5.41, 5.74) is 1.11. The second-order valence-electron chi connectivity index (χ2n) is 3.93. The van der Waals surface area contributed by atoms with Gasteiger partial charge in [0.25, 0.3) is 0 Å². The van der Waals surface area contributed by atoms with Crippen LogP contribution in [-0.2, 0) is 6.54 Å². The number of hydrogen-bond donors (Lipinski definition) is 1. The van der Waals surface area contributed by atoms with E-state index in [9.17, 15) is 0 Å². The lowest BCUT2D eigenvalue weighted by molar-refractivity contribution is 0.411. The highest BCUT2D eigenvalue weighted by molar-refractivity contribution is 9.10. The standard InChI is InChI=1S/C14H15BrN2O2/c1-16-8-10-3-6-14(17-9-10)19-13-5-4-11(18-2)7-12(13)15/h3-7,9,16H,8H2,1-2H3. The van der Waals surface area contributed by atoms with Crippen LogP contribution in [0.2, 0.25) is 0 Å². The summed E-state index contributed by atoms with van der Waals surface area (Å²) in [6.45, 7) is 0.791. The van der Waals surface area contributed by atoms with E-state index in [0.29, 0.717) is 11.6 Å². The zero-order valence-electron chi connectivity index (χ0n) is 10.8. The number of methoxy groups -OCH3 is 1. The topological polar surface area (TPSA) is 43.4 Å². The SMILES string of the molecule is CNCc1ccc(Oc2ccc(OC)cc2Br)nc1. The average Bonchev–Trinajstić information content (AvgIpc) is 2.43. The van der Waals surface area contributed by atoms with E-state index in [2.05, 4.69) is 26.2 Å². The molecule has 0 fully saturated rings. The van der Waals surface area contributed by atoms with E-state index >= 15 is 0 Å². The van der Waals surface area contributed by atoms with Gasteiger partial charge in [-0.2, -0.15) is 0 Å². The Labute approximate surface area is 120 Å². The number of rotatable bonds is 5. The highest BCUT2D eigenvalue weighted by Crippen LogP contribution is 2.31. The summed E-state index contributed by atoms with van der Waals surface area (Å²) in [4.78, 5) is 4.26.